The quantitative estimate of drug-likeness (QED) is 0.482. The highest BCUT2D eigenvalue weighted by molar-refractivity contribution is 7.98. The first-order valence-electron chi connectivity index (χ1n) is 8.68. The van der Waals surface area contributed by atoms with Crippen molar-refractivity contribution in [2.75, 3.05) is 6.26 Å². The number of rotatable bonds is 2. The Morgan fingerprint density at radius 2 is 2.00 bits per heavy atom. The van der Waals surface area contributed by atoms with Crippen molar-refractivity contribution in [3.63, 3.8) is 0 Å². The molecule has 0 spiro atoms. The zero-order valence-electron chi connectivity index (χ0n) is 15.2. The van der Waals surface area contributed by atoms with Crippen LogP contribution in [0.15, 0.2) is 40.3 Å². The summed E-state index contributed by atoms with van der Waals surface area (Å²) in [5, 5.41) is 10.2. The Kier molecular flexibility index (Phi) is 3.72. The Morgan fingerprint density at radius 3 is 2.74 bits per heavy atom. The number of benzene rings is 1. The largest absolute Gasteiger partial charge is 0.370 e. The molecule has 0 atom stereocenters. The van der Waals surface area contributed by atoms with Gasteiger partial charge in [0.2, 0.25) is 5.78 Å². The van der Waals surface area contributed by atoms with Crippen LogP contribution in [-0.2, 0) is 17.8 Å². The molecule has 1 aromatic carbocycles. The Hall–Kier alpha value is -2.16. The summed E-state index contributed by atoms with van der Waals surface area (Å²) in [5.74, 6) is 0.543. The molecule has 0 aliphatic carbocycles. The molecule has 1 aliphatic heterocycles. The molecule has 138 valence electrons. The van der Waals surface area contributed by atoms with Gasteiger partial charge in [0.1, 0.15) is 4.83 Å². The highest BCUT2D eigenvalue weighted by Gasteiger charge is 2.32. The predicted molar refractivity (Wildman–Crippen MR) is 108 cm³/mol. The number of thioether (sulfide) groups is 1. The molecule has 3 aromatic heterocycles. The van der Waals surface area contributed by atoms with Crippen LogP contribution in [0, 0.1) is 0 Å². The molecule has 0 N–H and O–H groups in total. The van der Waals surface area contributed by atoms with E-state index < -0.39 is 0 Å². The average Bonchev–Trinajstić information content (AvgIpc) is 3.23. The van der Waals surface area contributed by atoms with Gasteiger partial charge in [-0.25, -0.2) is 8.97 Å². The van der Waals surface area contributed by atoms with Crippen LogP contribution in [-0.4, -0.2) is 31.0 Å². The number of aromatic nitrogens is 4. The van der Waals surface area contributed by atoms with Gasteiger partial charge in [0, 0.05) is 11.3 Å². The van der Waals surface area contributed by atoms with E-state index in [1.165, 1.54) is 11.8 Å². The third-order valence-corrected chi connectivity index (χ3v) is 6.72. The maximum atomic E-state index is 13.6. The third-order valence-electron chi connectivity index (χ3n) is 4.90. The summed E-state index contributed by atoms with van der Waals surface area (Å²) in [4.78, 5) is 15.7. The maximum Gasteiger partial charge on any atom is 0.268 e. The van der Waals surface area contributed by atoms with Gasteiger partial charge in [-0.15, -0.1) is 21.5 Å². The molecule has 1 aliphatic rings. The molecule has 0 amide bonds. The summed E-state index contributed by atoms with van der Waals surface area (Å²) in [6.07, 6.45) is 2.69. The van der Waals surface area contributed by atoms with Gasteiger partial charge in [0.05, 0.1) is 23.3 Å². The second-order valence-corrected chi connectivity index (χ2v) is 9.06. The van der Waals surface area contributed by atoms with E-state index in [1.54, 1.807) is 15.9 Å². The van der Waals surface area contributed by atoms with Crippen molar-refractivity contribution in [2.24, 2.45) is 0 Å². The molecule has 0 saturated carbocycles. The van der Waals surface area contributed by atoms with Crippen LogP contribution in [0.1, 0.15) is 24.3 Å². The molecule has 0 bridgehead atoms. The van der Waals surface area contributed by atoms with Crippen molar-refractivity contribution in [1.29, 1.82) is 0 Å². The Balaban J connectivity index is 1.97. The minimum Gasteiger partial charge on any atom is -0.370 e. The lowest BCUT2D eigenvalue weighted by atomic mass is 9.94. The summed E-state index contributed by atoms with van der Waals surface area (Å²) in [6.45, 7) is 4.67. The van der Waals surface area contributed by atoms with Crippen LogP contribution in [0.25, 0.3) is 21.7 Å². The second-order valence-electron chi connectivity index (χ2n) is 7.21. The SMILES string of the molecule is CSc1nnc2n(-c3ccccc3)c(=O)c3c4c(sc3n12)COC(C)(C)C4. The lowest BCUT2D eigenvalue weighted by Gasteiger charge is -2.29. The first-order chi connectivity index (χ1) is 13.0. The molecule has 4 aromatic rings. The van der Waals surface area contributed by atoms with Crippen molar-refractivity contribution >= 4 is 39.1 Å². The van der Waals surface area contributed by atoms with Crippen LogP contribution in [0.5, 0.6) is 0 Å². The van der Waals surface area contributed by atoms with Gasteiger partial charge in [-0.2, -0.15) is 0 Å². The summed E-state index contributed by atoms with van der Waals surface area (Å²) < 4.78 is 9.66. The topological polar surface area (TPSA) is 61.4 Å². The number of nitrogens with zero attached hydrogens (tertiary/aromatic N) is 4. The summed E-state index contributed by atoms with van der Waals surface area (Å²) >= 11 is 3.14. The number of fused-ring (bicyclic) bond motifs is 5. The predicted octanol–water partition coefficient (Wildman–Crippen LogP) is 3.67. The lowest BCUT2D eigenvalue weighted by molar-refractivity contribution is -0.0379. The van der Waals surface area contributed by atoms with Gasteiger partial charge < -0.3 is 4.74 Å². The van der Waals surface area contributed by atoms with Crippen LogP contribution in [0.2, 0.25) is 0 Å². The smallest absolute Gasteiger partial charge is 0.268 e. The molecule has 0 radical (unpaired) electrons. The Morgan fingerprint density at radius 1 is 1.22 bits per heavy atom. The zero-order chi connectivity index (χ0) is 18.8. The fourth-order valence-electron chi connectivity index (χ4n) is 3.65. The fraction of sp³-hybridized carbons (Fsp3) is 0.316. The molecule has 0 unspecified atom stereocenters. The summed E-state index contributed by atoms with van der Waals surface area (Å²) in [6, 6.07) is 9.63. The minimum absolute atomic E-state index is 0.0426. The van der Waals surface area contributed by atoms with Crippen molar-refractivity contribution < 1.29 is 4.74 Å². The Bertz CT molecular complexity index is 1240. The van der Waals surface area contributed by atoms with E-state index in [0.717, 1.165) is 31.5 Å². The van der Waals surface area contributed by atoms with E-state index in [1.807, 2.05) is 41.0 Å². The number of para-hydroxylation sites is 1. The lowest BCUT2D eigenvalue weighted by Crippen LogP contribution is -2.32. The van der Waals surface area contributed by atoms with Crippen molar-refractivity contribution in [3.8, 4) is 5.69 Å². The van der Waals surface area contributed by atoms with Gasteiger partial charge in [0.15, 0.2) is 5.16 Å². The summed E-state index contributed by atoms with van der Waals surface area (Å²) in [5.41, 5.74) is 1.57. The van der Waals surface area contributed by atoms with Gasteiger partial charge in [-0.1, -0.05) is 30.0 Å². The molecule has 6 nitrogen and oxygen atoms in total. The van der Waals surface area contributed by atoms with E-state index in [0.29, 0.717) is 18.8 Å². The Labute approximate surface area is 163 Å². The fourth-order valence-corrected chi connectivity index (χ4v) is 5.40. The van der Waals surface area contributed by atoms with Crippen LogP contribution >= 0.6 is 23.1 Å². The number of hydrogen-bond acceptors (Lipinski definition) is 6. The van der Waals surface area contributed by atoms with Crippen molar-refractivity contribution in [1.82, 2.24) is 19.2 Å². The molecular weight excluding hydrogens is 380 g/mol. The zero-order valence-corrected chi connectivity index (χ0v) is 16.9. The van der Waals surface area contributed by atoms with E-state index in [2.05, 4.69) is 24.0 Å². The second kappa shape index (κ2) is 5.92. The van der Waals surface area contributed by atoms with E-state index in [9.17, 15) is 4.79 Å². The van der Waals surface area contributed by atoms with E-state index >= 15 is 0 Å². The maximum absolute atomic E-state index is 13.6. The highest BCUT2D eigenvalue weighted by Crippen LogP contribution is 2.38. The van der Waals surface area contributed by atoms with Crippen molar-refractivity contribution in [2.45, 2.75) is 37.6 Å². The number of ether oxygens (including phenoxy) is 1. The number of hydrogen-bond donors (Lipinski definition) is 0. The van der Waals surface area contributed by atoms with Gasteiger partial charge >= 0.3 is 0 Å². The van der Waals surface area contributed by atoms with E-state index in [4.69, 9.17) is 4.74 Å². The van der Waals surface area contributed by atoms with E-state index in [-0.39, 0.29) is 11.2 Å². The molecule has 27 heavy (non-hydrogen) atoms. The normalized spacial score (nSPS) is 16.1. The first-order valence-corrected chi connectivity index (χ1v) is 10.7. The van der Waals surface area contributed by atoms with Gasteiger partial charge in [-0.05, 0) is 37.8 Å². The molecule has 0 saturated heterocycles. The highest BCUT2D eigenvalue weighted by atomic mass is 32.2. The molecule has 4 heterocycles. The first kappa shape index (κ1) is 17.0. The van der Waals surface area contributed by atoms with Crippen LogP contribution in [0.3, 0.4) is 0 Å². The standard InChI is InChI=1S/C19H18N4O2S2/c1-19(2)9-12-13(10-25-19)27-16-14(12)15(24)22(11-7-5-4-6-8-11)17-20-21-18(26-3)23(16)17/h4-8H,9-10H2,1-3H3. The van der Waals surface area contributed by atoms with Gasteiger partial charge in [0.25, 0.3) is 5.56 Å². The molecule has 0 fully saturated rings. The molecular formula is C19H18N4O2S2. The minimum atomic E-state index is -0.282. The number of thiophene rings is 1. The molecule has 5 rings (SSSR count). The van der Waals surface area contributed by atoms with Crippen LogP contribution in [0.4, 0.5) is 0 Å². The molecule has 8 heteroatoms. The van der Waals surface area contributed by atoms with Crippen LogP contribution < -0.4 is 5.56 Å². The van der Waals surface area contributed by atoms with Gasteiger partial charge in [-0.3, -0.25) is 4.79 Å². The summed E-state index contributed by atoms with van der Waals surface area (Å²) in [7, 11) is 0. The van der Waals surface area contributed by atoms with Crippen molar-refractivity contribution in [3.05, 3.63) is 51.1 Å². The third kappa shape index (κ3) is 2.47. The monoisotopic (exact) mass is 398 g/mol. The average molecular weight is 399 g/mol.